The van der Waals surface area contributed by atoms with Crippen molar-refractivity contribution >= 4 is 56.3 Å². The maximum atomic E-state index is 10.9. The highest BCUT2D eigenvalue weighted by Gasteiger charge is 2.11. The Balaban J connectivity index is 1.92. The molecule has 0 fully saturated rings. The molecule has 4 nitrogen and oxygen atoms in total. The zero-order valence-electron chi connectivity index (χ0n) is 11.2. The lowest BCUT2D eigenvalue weighted by molar-refractivity contribution is -0.384. The third-order valence-corrected chi connectivity index (χ3v) is 4.04. The van der Waals surface area contributed by atoms with Crippen LogP contribution in [0.3, 0.4) is 0 Å². The number of hydrogen-bond acceptors (Lipinski definition) is 2. The molecule has 0 spiro atoms. The van der Waals surface area contributed by atoms with Crippen LogP contribution < -0.4 is 0 Å². The van der Waals surface area contributed by atoms with Gasteiger partial charge >= 0.3 is 0 Å². The third-order valence-electron chi connectivity index (χ3n) is 3.23. The van der Waals surface area contributed by atoms with Crippen molar-refractivity contribution in [3.63, 3.8) is 0 Å². The van der Waals surface area contributed by atoms with Crippen molar-refractivity contribution in [2.24, 2.45) is 0 Å². The molecular weight excluding hydrogens is 368 g/mol. The minimum Gasteiger partial charge on any atom is -0.355 e. The molecular formula is C16H10BrClN2O2. The number of fused-ring (bicyclic) bond motifs is 1. The lowest BCUT2D eigenvalue weighted by Crippen LogP contribution is -1.89. The van der Waals surface area contributed by atoms with E-state index < -0.39 is 4.92 Å². The lowest BCUT2D eigenvalue weighted by Gasteiger charge is -1.97. The molecule has 0 amide bonds. The zero-order valence-corrected chi connectivity index (χ0v) is 13.6. The summed E-state index contributed by atoms with van der Waals surface area (Å²) in [6.07, 6.45) is 3.68. The van der Waals surface area contributed by atoms with Gasteiger partial charge in [0.05, 0.1) is 4.92 Å². The normalized spacial score (nSPS) is 11.4. The molecule has 1 N–H and O–H groups in total. The van der Waals surface area contributed by atoms with Gasteiger partial charge in [0.25, 0.3) is 5.69 Å². The second-order valence-corrected chi connectivity index (χ2v) is 6.08. The number of nitrogens with zero attached hydrogens (tertiary/aromatic N) is 1. The van der Waals surface area contributed by atoms with Gasteiger partial charge in [0.2, 0.25) is 0 Å². The fourth-order valence-corrected chi connectivity index (χ4v) is 2.72. The first-order valence-electron chi connectivity index (χ1n) is 6.43. The zero-order chi connectivity index (χ0) is 15.7. The van der Waals surface area contributed by atoms with E-state index in [4.69, 9.17) is 11.6 Å². The van der Waals surface area contributed by atoms with E-state index in [-0.39, 0.29) is 10.7 Å². The van der Waals surface area contributed by atoms with Gasteiger partial charge in [0.1, 0.15) is 5.02 Å². The number of rotatable bonds is 3. The lowest BCUT2D eigenvalue weighted by atomic mass is 10.1. The Morgan fingerprint density at radius 1 is 1.14 bits per heavy atom. The first-order valence-corrected chi connectivity index (χ1v) is 7.60. The summed E-state index contributed by atoms with van der Waals surface area (Å²) in [6.45, 7) is 0. The molecule has 0 radical (unpaired) electrons. The summed E-state index contributed by atoms with van der Waals surface area (Å²) in [4.78, 5) is 13.7. The highest BCUT2D eigenvalue weighted by Crippen LogP contribution is 2.26. The fourth-order valence-electron chi connectivity index (χ4n) is 2.17. The van der Waals surface area contributed by atoms with Crippen molar-refractivity contribution in [3.8, 4) is 0 Å². The summed E-state index contributed by atoms with van der Waals surface area (Å²) in [5.41, 5.74) is 2.57. The number of H-pyrrole nitrogens is 1. The predicted octanol–water partition coefficient (Wildman–Crippen LogP) is 5.66. The molecule has 6 heteroatoms. The Labute approximate surface area is 139 Å². The molecule has 110 valence electrons. The highest BCUT2D eigenvalue weighted by atomic mass is 79.9. The third kappa shape index (κ3) is 3.05. The van der Waals surface area contributed by atoms with E-state index in [1.807, 2.05) is 36.4 Å². The summed E-state index contributed by atoms with van der Waals surface area (Å²) >= 11 is 9.23. The first kappa shape index (κ1) is 14.8. The van der Waals surface area contributed by atoms with Crippen molar-refractivity contribution in [2.75, 3.05) is 0 Å². The van der Waals surface area contributed by atoms with E-state index >= 15 is 0 Å². The predicted molar refractivity (Wildman–Crippen MR) is 93.0 cm³/mol. The van der Waals surface area contributed by atoms with Crippen LogP contribution in [0.15, 0.2) is 46.9 Å². The molecule has 1 aromatic heterocycles. The number of hydrogen-bond donors (Lipinski definition) is 1. The summed E-state index contributed by atoms with van der Waals surface area (Å²) in [5.74, 6) is 0. The molecule has 0 unspecified atom stereocenters. The molecule has 0 saturated carbocycles. The van der Waals surface area contributed by atoms with Crippen molar-refractivity contribution in [2.45, 2.75) is 0 Å². The maximum absolute atomic E-state index is 10.9. The average molecular weight is 378 g/mol. The van der Waals surface area contributed by atoms with Crippen molar-refractivity contribution < 1.29 is 4.92 Å². The van der Waals surface area contributed by atoms with E-state index in [0.29, 0.717) is 0 Å². The Hall–Kier alpha value is -2.11. The van der Waals surface area contributed by atoms with Crippen LogP contribution in [0.5, 0.6) is 0 Å². The maximum Gasteiger partial charge on any atom is 0.288 e. The molecule has 0 bridgehead atoms. The van der Waals surface area contributed by atoms with Gasteiger partial charge in [-0.25, -0.2) is 0 Å². The second-order valence-electron chi connectivity index (χ2n) is 4.76. The number of aromatic nitrogens is 1. The summed E-state index contributed by atoms with van der Waals surface area (Å²) in [7, 11) is 0. The quantitative estimate of drug-likeness (QED) is 0.473. The van der Waals surface area contributed by atoms with Gasteiger partial charge in [-0.2, -0.15) is 0 Å². The summed E-state index contributed by atoms with van der Waals surface area (Å²) < 4.78 is 1.01. The van der Waals surface area contributed by atoms with Gasteiger partial charge in [-0.1, -0.05) is 45.7 Å². The van der Waals surface area contributed by atoms with Crippen LogP contribution in [0.4, 0.5) is 5.69 Å². The molecule has 22 heavy (non-hydrogen) atoms. The number of nitro groups is 1. The minimum atomic E-state index is -0.486. The smallest absolute Gasteiger partial charge is 0.288 e. The summed E-state index contributed by atoms with van der Waals surface area (Å²) in [6, 6.07) is 12.7. The van der Waals surface area contributed by atoms with E-state index in [0.717, 1.165) is 26.6 Å². The standard InChI is InChI=1S/C16H10BrClN2O2/c17-12-4-3-11-8-13(19-15(11)9-12)5-1-10-2-6-14(18)16(7-10)20(21)22/h1-9,19H. The van der Waals surface area contributed by atoms with Gasteiger partial charge in [-0.3, -0.25) is 10.1 Å². The number of nitrogens with one attached hydrogen (secondary N) is 1. The number of nitro benzene ring substituents is 1. The number of halogens is 2. The Morgan fingerprint density at radius 3 is 2.73 bits per heavy atom. The van der Waals surface area contributed by atoms with Gasteiger partial charge in [0.15, 0.2) is 0 Å². The molecule has 3 rings (SSSR count). The minimum absolute atomic E-state index is 0.0932. The van der Waals surface area contributed by atoms with Gasteiger partial charge in [-0.15, -0.1) is 0 Å². The Morgan fingerprint density at radius 2 is 1.95 bits per heavy atom. The van der Waals surface area contributed by atoms with E-state index in [9.17, 15) is 10.1 Å². The molecule has 0 saturated heterocycles. The SMILES string of the molecule is O=[N+]([O-])c1cc(C=Cc2cc3ccc(Br)cc3[nH]2)ccc1Cl. The molecule has 0 aliphatic carbocycles. The van der Waals surface area contributed by atoms with Crippen molar-refractivity contribution in [1.29, 1.82) is 0 Å². The van der Waals surface area contributed by atoms with Crippen LogP contribution in [0.2, 0.25) is 5.02 Å². The van der Waals surface area contributed by atoms with Crippen LogP contribution in [-0.4, -0.2) is 9.91 Å². The molecule has 0 aliphatic rings. The Kier molecular flexibility index (Phi) is 4.00. The molecule has 3 aromatic rings. The number of aromatic amines is 1. The van der Waals surface area contributed by atoms with Crippen LogP contribution >= 0.6 is 27.5 Å². The van der Waals surface area contributed by atoms with E-state index in [1.165, 1.54) is 12.1 Å². The van der Waals surface area contributed by atoms with Crippen LogP contribution in [-0.2, 0) is 0 Å². The van der Waals surface area contributed by atoms with Crippen LogP contribution in [0.1, 0.15) is 11.3 Å². The fraction of sp³-hybridized carbons (Fsp3) is 0. The monoisotopic (exact) mass is 376 g/mol. The Bertz CT molecular complexity index is 902. The first-order chi connectivity index (χ1) is 10.5. The molecule has 0 aliphatic heterocycles. The second kappa shape index (κ2) is 5.94. The van der Waals surface area contributed by atoms with Crippen molar-refractivity contribution in [1.82, 2.24) is 4.98 Å². The number of benzene rings is 2. The summed E-state index contributed by atoms with van der Waals surface area (Å²) in [5, 5.41) is 12.1. The van der Waals surface area contributed by atoms with Crippen molar-refractivity contribution in [3.05, 3.63) is 73.3 Å². The largest absolute Gasteiger partial charge is 0.355 e. The van der Waals surface area contributed by atoms with Crippen LogP contribution in [0.25, 0.3) is 23.1 Å². The van der Waals surface area contributed by atoms with Gasteiger partial charge in [0, 0.05) is 27.1 Å². The van der Waals surface area contributed by atoms with Gasteiger partial charge < -0.3 is 4.98 Å². The molecule has 2 aromatic carbocycles. The molecule has 0 atom stereocenters. The topological polar surface area (TPSA) is 58.9 Å². The van der Waals surface area contributed by atoms with E-state index in [2.05, 4.69) is 20.9 Å². The van der Waals surface area contributed by atoms with Gasteiger partial charge in [-0.05, 0) is 35.9 Å². The highest BCUT2D eigenvalue weighted by molar-refractivity contribution is 9.10. The van der Waals surface area contributed by atoms with E-state index in [1.54, 1.807) is 6.07 Å². The average Bonchev–Trinajstić information content (AvgIpc) is 2.88. The van der Waals surface area contributed by atoms with Crippen LogP contribution in [0, 0.1) is 10.1 Å². The molecule has 1 heterocycles.